The maximum absolute atomic E-state index is 12.9. The average Bonchev–Trinajstić information content (AvgIpc) is 3.00. The third kappa shape index (κ3) is 5.11. The van der Waals surface area contributed by atoms with E-state index in [1.807, 2.05) is 13.1 Å². The van der Waals surface area contributed by atoms with Gasteiger partial charge in [-0.2, -0.15) is 0 Å². The molecule has 0 spiro atoms. The van der Waals surface area contributed by atoms with Crippen molar-refractivity contribution >= 4 is 17.3 Å². The summed E-state index contributed by atoms with van der Waals surface area (Å²) in [6.07, 6.45) is 2.93. The lowest BCUT2D eigenvalue weighted by Gasteiger charge is -2.10. The number of aliphatic imine (C=N–C) groups is 1. The number of nitrogens with zero attached hydrogens (tertiary/aromatic N) is 2. The minimum atomic E-state index is -0.228. The van der Waals surface area contributed by atoms with Gasteiger partial charge in [0.25, 0.3) is 0 Å². The molecule has 2 aromatic rings. The molecule has 6 heteroatoms. The Hall–Kier alpha value is -1.95. The average molecular weight is 320 g/mol. The standard InChI is InChI=1S/C16H21FN4S/c1-3-14-10-19-15(22-14)11-21-16(18-4-2)20-9-12-5-7-13(17)8-6-12/h5-8,10H,3-4,9,11H2,1-2H3,(H2,18,20,21). The number of guanidine groups is 1. The topological polar surface area (TPSA) is 49.3 Å². The van der Waals surface area contributed by atoms with Crippen LogP contribution in [0.3, 0.4) is 0 Å². The molecule has 0 aliphatic rings. The van der Waals surface area contributed by atoms with Crippen molar-refractivity contribution in [2.75, 3.05) is 6.54 Å². The smallest absolute Gasteiger partial charge is 0.191 e. The van der Waals surface area contributed by atoms with Gasteiger partial charge >= 0.3 is 0 Å². The predicted octanol–water partition coefficient (Wildman–Crippen LogP) is 3.10. The number of hydrogen-bond acceptors (Lipinski definition) is 3. The van der Waals surface area contributed by atoms with E-state index in [-0.39, 0.29) is 5.82 Å². The Morgan fingerprint density at radius 3 is 2.64 bits per heavy atom. The summed E-state index contributed by atoms with van der Waals surface area (Å²) in [5, 5.41) is 7.51. The van der Waals surface area contributed by atoms with Crippen molar-refractivity contribution in [2.24, 2.45) is 4.99 Å². The van der Waals surface area contributed by atoms with Gasteiger partial charge in [0.15, 0.2) is 5.96 Å². The maximum atomic E-state index is 12.9. The van der Waals surface area contributed by atoms with Gasteiger partial charge in [-0.05, 0) is 31.0 Å². The van der Waals surface area contributed by atoms with Crippen LogP contribution in [0.25, 0.3) is 0 Å². The van der Waals surface area contributed by atoms with Crippen molar-refractivity contribution in [1.82, 2.24) is 15.6 Å². The Morgan fingerprint density at radius 1 is 1.23 bits per heavy atom. The fraction of sp³-hybridized carbons (Fsp3) is 0.375. The second-order valence-corrected chi connectivity index (χ2v) is 5.95. The van der Waals surface area contributed by atoms with Crippen LogP contribution < -0.4 is 10.6 Å². The van der Waals surface area contributed by atoms with Crippen LogP contribution >= 0.6 is 11.3 Å². The van der Waals surface area contributed by atoms with Crippen molar-refractivity contribution in [3.63, 3.8) is 0 Å². The first-order valence-electron chi connectivity index (χ1n) is 7.41. The van der Waals surface area contributed by atoms with Crippen molar-refractivity contribution in [1.29, 1.82) is 0 Å². The summed E-state index contributed by atoms with van der Waals surface area (Å²) in [4.78, 5) is 10.2. The molecule has 0 unspecified atom stereocenters. The fourth-order valence-corrected chi connectivity index (χ4v) is 2.66. The number of halogens is 1. The van der Waals surface area contributed by atoms with E-state index in [9.17, 15) is 4.39 Å². The lowest BCUT2D eigenvalue weighted by atomic mass is 10.2. The van der Waals surface area contributed by atoms with Gasteiger partial charge in [-0.25, -0.2) is 14.4 Å². The highest BCUT2D eigenvalue weighted by Crippen LogP contribution is 2.12. The monoisotopic (exact) mass is 320 g/mol. The molecular weight excluding hydrogens is 299 g/mol. The van der Waals surface area contributed by atoms with Crippen LogP contribution in [-0.4, -0.2) is 17.5 Å². The summed E-state index contributed by atoms with van der Waals surface area (Å²) in [6, 6.07) is 6.40. The third-order valence-electron chi connectivity index (χ3n) is 3.03. The first-order valence-corrected chi connectivity index (χ1v) is 8.23. The zero-order valence-electron chi connectivity index (χ0n) is 12.9. The molecular formula is C16H21FN4S. The molecule has 1 aromatic heterocycles. The zero-order valence-corrected chi connectivity index (χ0v) is 13.7. The molecule has 4 nitrogen and oxygen atoms in total. The number of aryl methyl sites for hydroxylation is 1. The molecule has 0 fully saturated rings. The molecule has 1 heterocycles. The number of hydrogen-bond donors (Lipinski definition) is 2. The SMILES string of the molecule is CCNC(=NCc1ccc(F)cc1)NCc1ncc(CC)s1. The van der Waals surface area contributed by atoms with E-state index in [0.29, 0.717) is 13.1 Å². The van der Waals surface area contributed by atoms with E-state index in [0.717, 1.165) is 29.5 Å². The Labute approximate surface area is 134 Å². The highest BCUT2D eigenvalue weighted by molar-refractivity contribution is 7.11. The highest BCUT2D eigenvalue weighted by Gasteiger charge is 2.02. The lowest BCUT2D eigenvalue weighted by molar-refractivity contribution is 0.627. The molecule has 0 saturated heterocycles. The van der Waals surface area contributed by atoms with E-state index in [4.69, 9.17) is 0 Å². The molecule has 22 heavy (non-hydrogen) atoms. The second kappa shape index (κ2) is 8.48. The van der Waals surface area contributed by atoms with E-state index < -0.39 is 0 Å². The molecule has 0 aliphatic heterocycles. The van der Waals surface area contributed by atoms with Gasteiger partial charge in [-0.3, -0.25) is 0 Å². The first kappa shape index (κ1) is 16.4. The second-order valence-electron chi connectivity index (χ2n) is 4.75. The molecule has 2 rings (SSSR count). The van der Waals surface area contributed by atoms with E-state index in [1.54, 1.807) is 23.5 Å². The van der Waals surface area contributed by atoms with Gasteiger partial charge in [0.1, 0.15) is 10.8 Å². The van der Waals surface area contributed by atoms with E-state index >= 15 is 0 Å². The van der Waals surface area contributed by atoms with Gasteiger partial charge in [-0.15, -0.1) is 11.3 Å². The van der Waals surface area contributed by atoms with Gasteiger partial charge < -0.3 is 10.6 Å². The van der Waals surface area contributed by atoms with Crippen LogP contribution in [0.2, 0.25) is 0 Å². The largest absolute Gasteiger partial charge is 0.357 e. The van der Waals surface area contributed by atoms with Gasteiger partial charge in [0.05, 0.1) is 13.1 Å². The summed E-state index contributed by atoms with van der Waals surface area (Å²) in [5.74, 6) is 0.508. The summed E-state index contributed by atoms with van der Waals surface area (Å²) in [5.41, 5.74) is 0.973. The van der Waals surface area contributed by atoms with Crippen molar-refractivity contribution in [3.05, 3.63) is 51.7 Å². The number of thiazole rings is 1. The Bertz CT molecular complexity index is 607. The number of rotatable bonds is 6. The predicted molar refractivity (Wildman–Crippen MR) is 89.5 cm³/mol. The van der Waals surface area contributed by atoms with Crippen LogP contribution in [0.15, 0.2) is 35.5 Å². The quantitative estimate of drug-likeness (QED) is 0.635. The number of nitrogens with one attached hydrogen (secondary N) is 2. The molecule has 1 aromatic carbocycles. The zero-order chi connectivity index (χ0) is 15.8. The fourth-order valence-electron chi connectivity index (χ4n) is 1.85. The van der Waals surface area contributed by atoms with Crippen molar-refractivity contribution in [2.45, 2.75) is 33.4 Å². The Balaban J connectivity index is 1.93. The maximum Gasteiger partial charge on any atom is 0.191 e. The van der Waals surface area contributed by atoms with Crippen LogP contribution in [-0.2, 0) is 19.5 Å². The van der Waals surface area contributed by atoms with E-state index in [1.165, 1.54) is 17.0 Å². The van der Waals surface area contributed by atoms with Crippen LogP contribution in [0.5, 0.6) is 0 Å². The van der Waals surface area contributed by atoms with Crippen LogP contribution in [0.4, 0.5) is 4.39 Å². The normalized spacial score (nSPS) is 11.5. The molecule has 2 N–H and O–H groups in total. The highest BCUT2D eigenvalue weighted by atomic mass is 32.1. The minimum absolute atomic E-state index is 0.228. The number of aromatic nitrogens is 1. The summed E-state index contributed by atoms with van der Waals surface area (Å²) in [7, 11) is 0. The number of benzene rings is 1. The lowest BCUT2D eigenvalue weighted by Crippen LogP contribution is -2.36. The minimum Gasteiger partial charge on any atom is -0.357 e. The Kier molecular flexibility index (Phi) is 6.33. The molecule has 118 valence electrons. The molecule has 0 aliphatic carbocycles. The van der Waals surface area contributed by atoms with Gasteiger partial charge in [-0.1, -0.05) is 19.1 Å². The van der Waals surface area contributed by atoms with Crippen molar-refractivity contribution in [3.8, 4) is 0 Å². The summed E-state index contributed by atoms with van der Waals surface area (Å²) < 4.78 is 12.9. The first-order chi connectivity index (χ1) is 10.7. The van der Waals surface area contributed by atoms with Crippen LogP contribution in [0.1, 0.15) is 29.3 Å². The molecule has 0 amide bonds. The van der Waals surface area contributed by atoms with Crippen LogP contribution in [0, 0.1) is 5.82 Å². The van der Waals surface area contributed by atoms with Gasteiger partial charge in [0.2, 0.25) is 0 Å². The summed E-state index contributed by atoms with van der Waals surface area (Å²) in [6.45, 7) is 6.09. The molecule has 0 bridgehead atoms. The van der Waals surface area contributed by atoms with Crippen molar-refractivity contribution < 1.29 is 4.39 Å². The van der Waals surface area contributed by atoms with E-state index in [2.05, 4.69) is 27.5 Å². The Morgan fingerprint density at radius 2 is 2.00 bits per heavy atom. The molecule has 0 radical (unpaired) electrons. The molecule has 0 saturated carbocycles. The summed E-state index contributed by atoms with van der Waals surface area (Å²) >= 11 is 1.71. The molecule has 0 atom stereocenters. The van der Waals surface area contributed by atoms with Gasteiger partial charge in [0, 0.05) is 17.6 Å². The third-order valence-corrected chi connectivity index (χ3v) is 4.18.